The number of anilines is 1. The fourth-order valence-corrected chi connectivity index (χ4v) is 3.13. The van der Waals surface area contributed by atoms with Gasteiger partial charge in [-0.25, -0.2) is 4.68 Å². The van der Waals surface area contributed by atoms with E-state index in [1.54, 1.807) is 24.1 Å². The van der Waals surface area contributed by atoms with Crippen molar-refractivity contribution in [2.24, 2.45) is 0 Å². The normalized spacial score (nSPS) is 10.6. The number of nitrogens with zero attached hydrogens (tertiary/aromatic N) is 4. The summed E-state index contributed by atoms with van der Waals surface area (Å²) in [5, 5.41) is 16.0. The molecular weight excluding hydrogens is 344 g/mol. The summed E-state index contributed by atoms with van der Waals surface area (Å²) in [5.74, 6) is 0. The molecule has 0 radical (unpaired) electrons. The maximum atomic E-state index is 11.4. The molecule has 0 atom stereocenters. The highest BCUT2D eigenvalue weighted by Gasteiger charge is 2.21. The molecule has 0 saturated carbocycles. The zero-order chi connectivity index (χ0) is 19.6. The van der Waals surface area contributed by atoms with E-state index in [2.05, 4.69) is 5.10 Å². The Labute approximate surface area is 157 Å². The van der Waals surface area contributed by atoms with Gasteiger partial charge in [-0.1, -0.05) is 18.2 Å². The van der Waals surface area contributed by atoms with Crippen molar-refractivity contribution in [3.63, 3.8) is 0 Å². The molecule has 7 heteroatoms. The second-order valence-electron chi connectivity index (χ2n) is 6.38. The lowest BCUT2D eigenvalue weighted by Crippen LogP contribution is -2.19. The average Bonchev–Trinajstić information content (AvgIpc) is 2.96. The first-order valence-electron chi connectivity index (χ1n) is 8.47. The summed E-state index contributed by atoms with van der Waals surface area (Å²) < 4.78 is 1.88. The van der Waals surface area contributed by atoms with Crippen molar-refractivity contribution in [3.05, 3.63) is 81.2 Å². The van der Waals surface area contributed by atoms with E-state index >= 15 is 0 Å². The van der Waals surface area contributed by atoms with Crippen LogP contribution >= 0.6 is 0 Å². The van der Waals surface area contributed by atoms with Gasteiger partial charge in [-0.2, -0.15) is 5.10 Å². The highest BCUT2D eigenvalue weighted by Crippen LogP contribution is 2.30. The molecule has 138 valence electrons. The van der Waals surface area contributed by atoms with Crippen LogP contribution in [0.2, 0.25) is 0 Å². The van der Waals surface area contributed by atoms with Crippen LogP contribution in [0, 0.1) is 24.0 Å². The molecule has 0 fully saturated rings. The molecule has 0 spiro atoms. The number of para-hydroxylation sites is 1. The largest absolute Gasteiger partial charge is 0.365 e. The van der Waals surface area contributed by atoms with Crippen molar-refractivity contribution in [2.45, 2.75) is 20.4 Å². The number of aromatic nitrogens is 2. The van der Waals surface area contributed by atoms with E-state index in [0.29, 0.717) is 18.5 Å². The standard InChI is InChI=1S/C20H20N4O3/c1-14-18(15(2)23(21-14)17-7-5-4-6-8-17)12-22(3)19-10-9-16(13-25)11-20(19)24(26)27/h4-11,13H,12H2,1-3H3. The first-order chi connectivity index (χ1) is 12.9. The van der Waals surface area contributed by atoms with Gasteiger partial charge >= 0.3 is 0 Å². The van der Waals surface area contributed by atoms with Crippen LogP contribution in [0.25, 0.3) is 5.69 Å². The summed E-state index contributed by atoms with van der Waals surface area (Å²) >= 11 is 0. The van der Waals surface area contributed by atoms with Gasteiger partial charge in [0, 0.05) is 36.5 Å². The summed E-state index contributed by atoms with van der Waals surface area (Å²) in [6, 6.07) is 14.3. The van der Waals surface area contributed by atoms with Gasteiger partial charge in [0.15, 0.2) is 0 Å². The number of nitro groups is 1. The zero-order valence-corrected chi connectivity index (χ0v) is 15.4. The molecule has 1 heterocycles. The number of aldehydes is 1. The first-order valence-corrected chi connectivity index (χ1v) is 8.47. The second-order valence-corrected chi connectivity index (χ2v) is 6.38. The van der Waals surface area contributed by atoms with Crippen LogP contribution in [0.4, 0.5) is 11.4 Å². The summed E-state index contributed by atoms with van der Waals surface area (Å²) in [6.07, 6.45) is 0.606. The number of carbonyl (C=O) groups is 1. The van der Waals surface area contributed by atoms with Crippen LogP contribution in [-0.2, 0) is 6.54 Å². The Kier molecular flexibility index (Phi) is 5.03. The predicted octanol–water partition coefficient (Wildman–Crippen LogP) is 3.85. The predicted molar refractivity (Wildman–Crippen MR) is 104 cm³/mol. The monoisotopic (exact) mass is 364 g/mol. The maximum Gasteiger partial charge on any atom is 0.293 e. The highest BCUT2D eigenvalue weighted by molar-refractivity contribution is 5.79. The van der Waals surface area contributed by atoms with Crippen LogP contribution < -0.4 is 4.90 Å². The van der Waals surface area contributed by atoms with Gasteiger partial charge in [0.05, 0.1) is 16.3 Å². The smallest absolute Gasteiger partial charge is 0.293 e. The Morgan fingerprint density at radius 2 is 1.89 bits per heavy atom. The number of hydrogen-bond acceptors (Lipinski definition) is 5. The Morgan fingerprint density at radius 3 is 2.52 bits per heavy atom. The van der Waals surface area contributed by atoms with Crippen molar-refractivity contribution in [2.75, 3.05) is 11.9 Å². The third-order valence-electron chi connectivity index (χ3n) is 4.58. The number of rotatable bonds is 6. The van der Waals surface area contributed by atoms with E-state index < -0.39 is 4.92 Å². The molecule has 7 nitrogen and oxygen atoms in total. The third-order valence-corrected chi connectivity index (χ3v) is 4.58. The Hall–Kier alpha value is -3.48. The lowest BCUT2D eigenvalue weighted by molar-refractivity contribution is -0.384. The lowest BCUT2D eigenvalue weighted by Gasteiger charge is -2.19. The summed E-state index contributed by atoms with van der Waals surface area (Å²) in [4.78, 5) is 23.7. The summed E-state index contributed by atoms with van der Waals surface area (Å²) in [5.41, 5.74) is 4.48. The Bertz CT molecular complexity index is 996. The molecule has 0 N–H and O–H groups in total. The fourth-order valence-electron chi connectivity index (χ4n) is 3.13. The molecule has 2 aromatic carbocycles. The lowest BCUT2D eigenvalue weighted by atomic mass is 10.1. The van der Waals surface area contributed by atoms with Crippen molar-refractivity contribution in [1.29, 1.82) is 0 Å². The minimum absolute atomic E-state index is 0.0899. The number of hydrogen-bond donors (Lipinski definition) is 0. The first kappa shape index (κ1) is 18.3. The minimum Gasteiger partial charge on any atom is -0.365 e. The number of aryl methyl sites for hydroxylation is 1. The molecular formula is C20H20N4O3. The Morgan fingerprint density at radius 1 is 1.19 bits per heavy atom. The molecule has 3 rings (SSSR count). The number of carbonyl (C=O) groups excluding carboxylic acids is 1. The molecule has 27 heavy (non-hydrogen) atoms. The maximum absolute atomic E-state index is 11.4. The molecule has 3 aromatic rings. The van der Waals surface area contributed by atoms with E-state index in [9.17, 15) is 14.9 Å². The van der Waals surface area contributed by atoms with Gasteiger partial charge in [-0.05, 0) is 38.1 Å². The highest BCUT2D eigenvalue weighted by atomic mass is 16.6. The number of nitro benzene ring substituents is 1. The minimum atomic E-state index is -0.466. The van der Waals surface area contributed by atoms with Crippen molar-refractivity contribution in [1.82, 2.24) is 9.78 Å². The number of benzene rings is 2. The average molecular weight is 364 g/mol. The van der Waals surface area contributed by atoms with Crippen molar-refractivity contribution in [3.8, 4) is 5.69 Å². The quantitative estimate of drug-likeness (QED) is 0.377. The molecule has 0 aliphatic heterocycles. The Balaban J connectivity index is 1.96. The van der Waals surface area contributed by atoms with E-state index in [1.165, 1.54) is 6.07 Å². The van der Waals surface area contributed by atoms with Gasteiger partial charge in [0.25, 0.3) is 5.69 Å². The van der Waals surface area contributed by atoms with Gasteiger partial charge in [-0.15, -0.1) is 0 Å². The van der Waals surface area contributed by atoms with Crippen LogP contribution in [0.5, 0.6) is 0 Å². The van der Waals surface area contributed by atoms with E-state index in [0.717, 1.165) is 22.6 Å². The molecule has 0 bridgehead atoms. The summed E-state index contributed by atoms with van der Waals surface area (Å²) in [7, 11) is 1.79. The van der Waals surface area contributed by atoms with Crippen LogP contribution in [-0.4, -0.2) is 28.0 Å². The van der Waals surface area contributed by atoms with Crippen molar-refractivity contribution >= 4 is 17.7 Å². The zero-order valence-electron chi connectivity index (χ0n) is 15.4. The van der Waals surface area contributed by atoms with Gasteiger partial charge < -0.3 is 4.90 Å². The van der Waals surface area contributed by atoms with Gasteiger partial charge in [0.2, 0.25) is 0 Å². The SMILES string of the molecule is Cc1nn(-c2ccccc2)c(C)c1CN(C)c1ccc(C=O)cc1[N+](=O)[O-]. The molecule has 0 amide bonds. The van der Waals surface area contributed by atoms with Gasteiger partial charge in [0.1, 0.15) is 12.0 Å². The molecule has 1 aromatic heterocycles. The third kappa shape index (κ3) is 3.57. The van der Waals surface area contributed by atoms with Crippen LogP contribution in [0.3, 0.4) is 0 Å². The fraction of sp³-hybridized carbons (Fsp3) is 0.200. The molecule has 0 saturated heterocycles. The van der Waals surface area contributed by atoms with Crippen LogP contribution in [0.15, 0.2) is 48.5 Å². The summed E-state index contributed by atoms with van der Waals surface area (Å²) in [6.45, 7) is 4.38. The van der Waals surface area contributed by atoms with Crippen molar-refractivity contribution < 1.29 is 9.72 Å². The second kappa shape index (κ2) is 7.41. The molecule has 0 unspecified atom stereocenters. The topological polar surface area (TPSA) is 81.3 Å². The van der Waals surface area contributed by atoms with E-state index in [-0.39, 0.29) is 11.3 Å². The van der Waals surface area contributed by atoms with Crippen LogP contribution in [0.1, 0.15) is 27.3 Å². The van der Waals surface area contributed by atoms with E-state index in [1.807, 2.05) is 48.9 Å². The molecule has 0 aliphatic carbocycles. The van der Waals surface area contributed by atoms with Gasteiger partial charge in [-0.3, -0.25) is 14.9 Å². The molecule has 0 aliphatic rings. The van der Waals surface area contributed by atoms with E-state index in [4.69, 9.17) is 0 Å².